The summed E-state index contributed by atoms with van der Waals surface area (Å²) in [6.07, 6.45) is 3.57. The Bertz CT molecular complexity index is 672. The Morgan fingerprint density at radius 1 is 1.33 bits per heavy atom. The van der Waals surface area contributed by atoms with E-state index >= 15 is 0 Å². The lowest BCUT2D eigenvalue weighted by Gasteiger charge is -2.36. The molecule has 0 bridgehead atoms. The molecule has 3 atom stereocenters. The Kier molecular flexibility index (Phi) is 9.45. The van der Waals surface area contributed by atoms with Crippen molar-refractivity contribution in [3.05, 3.63) is 28.7 Å². The number of carbonyl (C=O) groups excluding carboxylic acids is 2. The molecule has 1 aromatic rings. The molecule has 0 saturated carbocycles. The summed E-state index contributed by atoms with van der Waals surface area (Å²) in [7, 11) is 1.58. The zero-order valence-corrected chi connectivity index (χ0v) is 17.8. The Labute approximate surface area is 170 Å². The van der Waals surface area contributed by atoms with Gasteiger partial charge in [-0.25, -0.2) is 0 Å². The molecule has 1 amide bonds. The van der Waals surface area contributed by atoms with Crippen molar-refractivity contribution >= 4 is 35.4 Å². The van der Waals surface area contributed by atoms with Crippen LogP contribution in [0.4, 0.5) is 0 Å². The lowest BCUT2D eigenvalue weighted by molar-refractivity contribution is -0.121. The lowest BCUT2D eigenvalue weighted by atomic mass is 9.86. The second-order valence-corrected chi connectivity index (χ2v) is 7.52. The van der Waals surface area contributed by atoms with Gasteiger partial charge in [0.05, 0.1) is 30.2 Å². The van der Waals surface area contributed by atoms with E-state index in [0.29, 0.717) is 21.9 Å². The zero-order valence-electron chi connectivity index (χ0n) is 16.2. The number of nitrogens with two attached hydrogens (primary N) is 1. The van der Waals surface area contributed by atoms with Crippen LogP contribution in [0.3, 0.4) is 0 Å². The average molecular weight is 417 g/mol. The number of halogens is 1. The molecule has 1 aliphatic rings. The summed E-state index contributed by atoms with van der Waals surface area (Å²) in [6.45, 7) is 5.57. The van der Waals surface area contributed by atoms with Gasteiger partial charge in [-0.15, -0.1) is 12.4 Å². The second-order valence-electron chi connectivity index (χ2n) is 6.48. The predicted octanol–water partition coefficient (Wildman–Crippen LogP) is 3.10. The quantitative estimate of drug-likeness (QED) is 0.635. The van der Waals surface area contributed by atoms with Crippen LogP contribution < -0.4 is 15.8 Å². The van der Waals surface area contributed by atoms with Crippen LogP contribution in [0, 0.1) is 0 Å². The van der Waals surface area contributed by atoms with Crippen LogP contribution in [0.5, 0.6) is 5.06 Å². The number of ether oxygens (including phenoxy) is 2. The Morgan fingerprint density at radius 2 is 2.00 bits per heavy atom. The molecule has 0 unspecified atom stereocenters. The van der Waals surface area contributed by atoms with E-state index in [1.54, 1.807) is 19.2 Å². The molecule has 6 nitrogen and oxygen atoms in total. The second kappa shape index (κ2) is 10.8. The minimum atomic E-state index is -0.423. The van der Waals surface area contributed by atoms with E-state index in [2.05, 4.69) is 19.2 Å². The third-order valence-electron chi connectivity index (χ3n) is 4.56. The summed E-state index contributed by atoms with van der Waals surface area (Å²) in [4.78, 5) is 25.1. The number of carbonyl (C=O) groups is 2. The molecule has 27 heavy (non-hydrogen) atoms. The van der Waals surface area contributed by atoms with Crippen LogP contribution in [0.2, 0.25) is 0 Å². The average Bonchev–Trinajstić information content (AvgIpc) is 3.10. The third kappa shape index (κ3) is 6.04. The maximum atomic E-state index is 12.9. The molecule has 152 valence electrons. The first kappa shape index (κ1) is 23.6. The molecule has 3 N–H and O–H groups in total. The van der Waals surface area contributed by atoms with E-state index < -0.39 is 6.10 Å². The molecule has 0 fully saturated rings. The van der Waals surface area contributed by atoms with E-state index in [-0.39, 0.29) is 42.3 Å². The third-order valence-corrected chi connectivity index (χ3v) is 5.61. The number of hydrogen-bond acceptors (Lipinski definition) is 6. The SMILES string of the molecule is CCC(CC)O[C@@H]1C=C(C(=O)c2ccc(OC)s2)C[C@H](N)[C@H]1NC(C)=O.Cl. The Balaban J connectivity index is 0.00000364. The van der Waals surface area contributed by atoms with Gasteiger partial charge in [0.2, 0.25) is 5.91 Å². The summed E-state index contributed by atoms with van der Waals surface area (Å²) in [6, 6.07) is 2.81. The first-order chi connectivity index (χ1) is 12.4. The molecular weight excluding hydrogens is 388 g/mol. The van der Waals surface area contributed by atoms with Crippen molar-refractivity contribution < 1.29 is 19.1 Å². The van der Waals surface area contributed by atoms with Gasteiger partial charge in [-0.05, 0) is 37.5 Å². The maximum Gasteiger partial charge on any atom is 0.217 e. The monoisotopic (exact) mass is 416 g/mol. The van der Waals surface area contributed by atoms with Crippen LogP contribution in [-0.2, 0) is 9.53 Å². The van der Waals surface area contributed by atoms with Crippen molar-refractivity contribution in [2.24, 2.45) is 5.73 Å². The summed E-state index contributed by atoms with van der Waals surface area (Å²) < 4.78 is 11.3. The molecule has 1 aliphatic carbocycles. The molecule has 0 radical (unpaired) electrons. The van der Waals surface area contributed by atoms with E-state index in [1.165, 1.54) is 18.3 Å². The highest BCUT2D eigenvalue weighted by Crippen LogP contribution is 2.30. The van der Waals surface area contributed by atoms with Crippen molar-refractivity contribution in [3.63, 3.8) is 0 Å². The Morgan fingerprint density at radius 3 is 2.52 bits per heavy atom. The molecule has 1 aromatic heterocycles. The van der Waals surface area contributed by atoms with Gasteiger partial charge in [0, 0.05) is 18.5 Å². The summed E-state index contributed by atoms with van der Waals surface area (Å²) in [5.41, 5.74) is 6.93. The highest BCUT2D eigenvalue weighted by atomic mass is 35.5. The van der Waals surface area contributed by atoms with E-state index in [4.69, 9.17) is 15.2 Å². The molecule has 0 spiro atoms. The van der Waals surface area contributed by atoms with Crippen LogP contribution in [-0.4, -0.2) is 43.1 Å². The van der Waals surface area contributed by atoms with Crippen molar-refractivity contribution in [1.82, 2.24) is 5.32 Å². The van der Waals surface area contributed by atoms with Gasteiger partial charge in [0.25, 0.3) is 0 Å². The largest absolute Gasteiger partial charge is 0.487 e. The number of methoxy groups -OCH3 is 1. The number of thiophene rings is 1. The van der Waals surface area contributed by atoms with E-state index in [0.717, 1.165) is 12.8 Å². The number of Topliss-reactive ketones (excluding diaryl/α,β-unsaturated/α-hetero) is 1. The lowest BCUT2D eigenvalue weighted by Crippen LogP contribution is -2.57. The standard InChI is InChI=1S/C19H28N2O4S.ClH/c1-5-13(6-2)25-15-10-12(9-14(20)18(15)21-11(3)22)19(23)16-7-8-17(24-4)26-16;/h7-8,10,13-15,18H,5-6,9,20H2,1-4H3,(H,21,22);1H/t14-,15+,18+;/m0./s1. The van der Waals surface area contributed by atoms with Crippen molar-refractivity contribution in [3.8, 4) is 5.06 Å². The van der Waals surface area contributed by atoms with Gasteiger partial charge in [-0.1, -0.05) is 25.2 Å². The van der Waals surface area contributed by atoms with Gasteiger partial charge in [-0.3, -0.25) is 9.59 Å². The van der Waals surface area contributed by atoms with Crippen molar-refractivity contribution in [2.45, 2.75) is 64.3 Å². The number of rotatable bonds is 8. The maximum absolute atomic E-state index is 12.9. The summed E-state index contributed by atoms with van der Waals surface area (Å²) in [5, 5.41) is 3.58. The van der Waals surface area contributed by atoms with E-state index in [9.17, 15) is 9.59 Å². The molecule has 0 aromatic carbocycles. The van der Waals surface area contributed by atoms with Crippen LogP contribution in [0.25, 0.3) is 0 Å². The molecule has 2 rings (SSSR count). The zero-order chi connectivity index (χ0) is 19.3. The molecule has 0 aliphatic heterocycles. The fourth-order valence-corrected chi connectivity index (χ4v) is 3.92. The normalized spacial score (nSPS) is 22.0. The molecule has 0 saturated heterocycles. The van der Waals surface area contributed by atoms with Gasteiger partial charge in [0.15, 0.2) is 10.8 Å². The number of hydrogen-bond donors (Lipinski definition) is 2. The minimum Gasteiger partial charge on any atom is -0.487 e. The summed E-state index contributed by atoms with van der Waals surface area (Å²) >= 11 is 1.31. The fourth-order valence-electron chi connectivity index (χ4n) is 3.12. The fraction of sp³-hybridized carbons (Fsp3) is 0.579. The van der Waals surface area contributed by atoms with Crippen LogP contribution >= 0.6 is 23.7 Å². The number of ketones is 1. The first-order valence-electron chi connectivity index (χ1n) is 8.96. The Hall–Kier alpha value is -1.41. The highest BCUT2D eigenvalue weighted by molar-refractivity contribution is 7.16. The van der Waals surface area contributed by atoms with Crippen LogP contribution in [0.15, 0.2) is 23.8 Å². The highest BCUT2D eigenvalue weighted by Gasteiger charge is 2.35. The van der Waals surface area contributed by atoms with Crippen molar-refractivity contribution in [2.75, 3.05) is 7.11 Å². The van der Waals surface area contributed by atoms with Gasteiger partial charge in [0.1, 0.15) is 0 Å². The van der Waals surface area contributed by atoms with Crippen LogP contribution in [0.1, 0.15) is 49.7 Å². The minimum absolute atomic E-state index is 0. The number of nitrogens with one attached hydrogen (secondary N) is 1. The van der Waals surface area contributed by atoms with Gasteiger partial charge in [-0.2, -0.15) is 0 Å². The topological polar surface area (TPSA) is 90.7 Å². The van der Waals surface area contributed by atoms with Crippen molar-refractivity contribution in [1.29, 1.82) is 0 Å². The van der Waals surface area contributed by atoms with E-state index in [1.807, 2.05) is 6.08 Å². The molecular formula is C19H29ClN2O4S. The smallest absolute Gasteiger partial charge is 0.217 e. The van der Waals surface area contributed by atoms with Gasteiger partial charge >= 0.3 is 0 Å². The van der Waals surface area contributed by atoms with Gasteiger partial charge < -0.3 is 20.5 Å². The summed E-state index contributed by atoms with van der Waals surface area (Å²) in [5.74, 6) is -0.220. The predicted molar refractivity (Wildman–Crippen MR) is 110 cm³/mol. The molecule has 1 heterocycles. The number of amides is 1. The molecule has 8 heteroatoms. The first-order valence-corrected chi connectivity index (χ1v) is 9.78.